The van der Waals surface area contributed by atoms with Gasteiger partial charge in [-0.3, -0.25) is 11.3 Å². The summed E-state index contributed by atoms with van der Waals surface area (Å²) < 4.78 is 0. The van der Waals surface area contributed by atoms with E-state index in [1.165, 1.54) is 29.7 Å². The summed E-state index contributed by atoms with van der Waals surface area (Å²) in [5.41, 5.74) is 7.24. The Balaban J connectivity index is 2.18. The number of hydrogen-bond acceptors (Lipinski definition) is 4. The third kappa shape index (κ3) is 4.04. The topological polar surface area (TPSA) is 44.5 Å². The van der Waals surface area contributed by atoms with E-state index in [4.69, 9.17) is 5.84 Å². The van der Waals surface area contributed by atoms with E-state index in [0.29, 0.717) is 6.04 Å². The van der Waals surface area contributed by atoms with Crippen LogP contribution < -0.4 is 11.3 Å². The lowest BCUT2D eigenvalue weighted by molar-refractivity contribution is 0.177. The van der Waals surface area contributed by atoms with Crippen LogP contribution in [0.2, 0.25) is 0 Å². The van der Waals surface area contributed by atoms with Crippen molar-refractivity contribution in [2.45, 2.75) is 38.8 Å². The first-order valence-electron chi connectivity index (χ1n) is 7.93. The van der Waals surface area contributed by atoms with Gasteiger partial charge in [-0.2, -0.15) is 0 Å². The maximum absolute atomic E-state index is 5.92. The van der Waals surface area contributed by atoms with Crippen LogP contribution in [-0.4, -0.2) is 55.6 Å². The van der Waals surface area contributed by atoms with Gasteiger partial charge in [0.25, 0.3) is 0 Å². The minimum Gasteiger partial charge on any atom is -0.305 e. The summed E-state index contributed by atoms with van der Waals surface area (Å²) in [5.74, 6) is 5.92. The third-order valence-electron chi connectivity index (χ3n) is 4.86. The highest BCUT2D eigenvalue weighted by Gasteiger charge is 2.28. The van der Waals surface area contributed by atoms with Gasteiger partial charge in [0.1, 0.15) is 0 Å². The average molecular weight is 290 g/mol. The predicted octanol–water partition coefficient (Wildman–Crippen LogP) is 1.31. The van der Waals surface area contributed by atoms with Crippen molar-refractivity contribution in [2.75, 3.05) is 33.7 Å². The van der Waals surface area contributed by atoms with Crippen LogP contribution in [0.4, 0.5) is 0 Å². The van der Waals surface area contributed by atoms with Crippen LogP contribution in [0.15, 0.2) is 18.2 Å². The standard InChI is InChI=1S/C17H30N4/c1-13-7-5-8-14(2)15(13)11-16(19-18)17-12-20(3)9-6-10-21(17)4/h5,7-8,16-17,19H,6,9-12,18H2,1-4H3. The summed E-state index contributed by atoms with van der Waals surface area (Å²) in [6, 6.07) is 7.24. The lowest BCUT2D eigenvalue weighted by atomic mass is 9.92. The van der Waals surface area contributed by atoms with E-state index in [1.807, 2.05) is 0 Å². The van der Waals surface area contributed by atoms with Gasteiger partial charge in [-0.15, -0.1) is 0 Å². The van der Waals surface area contributed by atoms with E-state index in [1.54, 1.807) is 0 Å². The Kier molecular flexibility index (Phi) is 5.76. The number of nitrogens with two attached hydrogens (primary N) is 1. The molecule has 21 heavy (non-hydrogen) atoms. The molecule has 1 heterocycles. The van der Waals surface area contributed by atoms with E-state index < -0.39 is 0 Å². The number of hydrazine groups is 1. The zero-order chi connectivity index (χ0) is 15.4. The van der Waals surface area contributed by atoms with E-state index in [-0.39, 0.29) is 6.04 Å². The Hall–Kier alpha value is -0.940. The molecule has 2 atom stereocenters. The van der Waals surface area contributed by atoms with Crippen molar-refractivity contribution in [1.82, 2.24) is 15.2 Å². The molecular formula is C17H30N4. The van der Waals surface area contributed by atoms with Crippen LogP contribution >= 0.6 is 0 Å². The lowest BCUT2D eigenvalue weighted by Gasteiger charge is -2.34. The van der Waals surface area contributed by atoms with Crippen molar-refractivity contribution in [3.8, 4) is 0 Å². The van der Waals surface area contributed by atoms with Crippen LogP contribution in [0.5, 0.6) is 0 Å². The molecule has 2 rings (SSSR count). The quantitative estimate of drug-likeness (QED) is 0.648. The second-order valence-corrected chi connectivity index (χ2v) is 6.51. The number of likely N-dealkylation sites (N-methyl/N-ethyl adjacent to an activating group) is 2. The molecule has 2 unspecified atom stereocenters. The fourth-order valence-corrected chi connectivity index (χ4v) is 3.44. The number of nitrogens with one attached hydrogen (secondary N) is 1. The Bertz CT molecular complexity index is 440. The minimum absolute atomic E-state index is 0.273. The number of hydrogen-bond donors (Lipinski definition) is 2. The van der Waals surface area contributed by atoms with Gasteiger partial charge >= 0.3 is 0 Å². The first-order chi connectivity index (χ1) is 10.0. The zero-order valence-corrected chi connectivity index (χ0v) is 13.9. The zero-order valence-electron chi connectivity index (χ0n) is 13.9. The van der Waals surface area contributed by atoms with Crippen molar-refractivity contribution < 1.29 is 0 Å². The van der Waals surface area contributed by atoms with Gasteiger partial charge in [0, 0.05) is 18.6 Å². The van der Waals surface area contributed by atoms with Crippen molar-refractivity contribution in [1.29, 1.82) is 0 Å². The molecule has 0 amide bonds. The fourth-order valence-electron chi connectivity index (χ4n) is 3.44. The fraction of sp³-hybridized carbons (Fsp3) is 0.647. The van der Waals surface area contributed by atoms with E-state index >= 15 is 0 Å². The molecule has 0 saturated carbocycles. The highest BCUT2D eigenvalue weighted by molar-refractivity contribution is 5.34. The van der Waals surface area contributed by atoms with Gasteiger partial charge < -0.3 is 9.80 Å². The van der Waals surface area contributed by atoms with Crippen molar-refractivity contribution in [3.63, 3.8) is 0 Å². The molecule has 118 valence electrons. The molecule has 1 aliphatic heterocycles. The summed E-state index contributed by atoms with van der Waals surface area (Å²) in [4.78, 5) is 4.88. The normalized spacial score (nSPS) is 23.0. The molecule has 1 aliphatic rings. The van der Waals surface area contributed by atoms with Crippen molar-refractivity contribution in [3.05, 3.63) is 34.9 Å². The predicted molar refractivity (Wildman–Crippen MR) is 89.3 cm³/mol. The summed E-state index contributed by atoms with van der Waals surface area (Å²) >= 11 is 0. The molecule has 1 fully saturated rings. The van der Waals surface area contributed by atoms with E-state index in [2.05, 4.69) is 61.4 Å². The molecule has 0 aliphatic carbocycles. The van der Waals surface area contributed by atoms with E-state index in [0.717, 1.165) is 19.5 Å². The Morgan fingerprint density at radius 2 is 1.90 bits per heavy atom. The maximum Gasteiger partial charge on any atom is 0.0419 e. The van der Waals surface area contributed by atoms with Crippen LogP contribution in [0.1, 0.15) is 23.1 Å². The monoisotopic (exact) mass is 290 g/mol. The molecular weight excluding hydrogens is 260 g/mol. The second-order valence-electron chi connectivity index (χ2n) is 6.51. The van der Waals surface area contributed by atoms with Crippen molar-refractivity contribution in [2.24, 2.45) is 5.84 Å². The van der Waals surface area contributed by atoms with Crippen LogP contribution in [0.3, 0.4) is 0 Å². The van der Waals surface area contributed by atoms with Crippen LogP contribution in [-0.2, 0) is 6.42 Å². The molecule has 1 aromatic carbocycles. The summed E-state index contributed by atoms with van der Waals surface area (Å²) in [7, 11) is 4.43. The average Bonchev–Trinajstić information content (AvgIpc) is 2.60. The minimum atomic E-state index is 0.273. The first-order valence-corrected chi connectivity index (χ1v) is 7.93. The summed E-state index contributed by atoms with van der Waals surface area (Å²) in [5, 5.41) is 0. The molecule has 0 aromatic heterocycles. The third-order valence-corrected chi connectivity index (χ3v) is 4.86. The SMILES string of the molecule is Cc1cccc(C)c1CC(NN)C1CN(C)CCCN1C. The molecule has 0 radical (unpaired) electrons. The Labute approximate surface area is 129 Å². The summed E-state index contributed by atoms with van der Waals surface area (Å²) in [6.07, 6.45) is 2.21. The molecule has 4 heteroatoms. The molecule has 0 spiro atoms. The molecule has 0 bridgehead atoms. The highest BCUT2D eigenvalue weighted by Crippen LogP contribution is 2.19. The van der Waals surface area contributed by atoms with Gasteiger partial charge in [0.05, 0.1) is 0 Å². The van der Waals surface area contributed by atoms with Crippen LogP contribution in [0.25, 0.3) is 0 Å². The van der Waals surface area contributed by atoms with E-state index in [9.17, 15) is 0 Å². The number of aryl methyl sites for hydroxylation is 2. The van der Waals surface area contributed by atoms with Crippen molar-refractivity contribution >= 4 is 0 Å². The highest BCUT2D eigenvalue weighted by atomic mass is 15.3. The van der Waals surface area contributed by atoms with Gasteiger partial charge in [-0.05, 0) is 70.6 Å². The molecule has 3 N–H and O–H groups in total. The number of rotatable bonds is 4. The Morgan fingerprint density at radius 1 is 1.24 bits per heavy atom. The number of nitrogens with zero attached hydrogens (tertiary/aromatic N) is 2. The molecule has 4 nitrogen and oxygen atoms in total. The van der Waals surface area contributed by atoms with Gasteiger partial charge in [-0.1, -0.05) is 18.2 Å². The smallest absolute Gasteiger partial charge is 0.0419 e. The number of benzene rings is 1. The largest absolute Gasteiger partial charge is 0.305 e. The maximum atomic E-state index is 5.92. The Morgan fingerprint density at radius 3 is 2.52 bits per heavy atom. The van der Waals surface area contributed by atoms with Crippen LogP contribution in [0, 0.1) is 13.8 Å². The van der Waals surface area contributed by atoms with Gasteiger partial charge in [-0.25, -0.2) is 0 Å². The summed E-state index contributed by atoms with van der Waals surface area (Å²) in [6.45, 7) is 7.76. The lowest BCUT2D eigenvalue weighted by Crippen LogP contribution is -2.55. The first kappa shape index (κ1) is 16.4. The van der Waals surface area contributed by atoms with Gasteiger partial charge in [0.15, 0.2) is 0 Å². The molecule has 1 aromatic rings. The molecule has 1 saturated heterocycles. The second kappa shape index (κ2) is 7.36. The van der Waals surface area contributed by atoms with Gasteiger partial charge in [0.2, 0.25) is 0 Å².